The molecule has 0 amide bonds. The molecular weight excluding hydrogens is 484 g/mol. The first-order valence-corrected chi connectivity index (χ1v) is 13.7. The number of hydrogen-bond acceptors (Lipinski definition) is 2. The molecule has 0 radical (unpaired) electrons. The molecule has 2 heterocycles. The quantitative estimate of drug-likeness (QED) is 0.218. The van der Waals surface area contributed by atoms with Crippen molar-refractivity contribution in [2.45, 2.75) is 0 Å². The van der Waals surface area contributed by atoms with Crippen LogP contribution in [0.5, 0.6) is 0 Å². The molecule has 2 aromatic heterocycles. The van der Waals surface area contributed by atoms with Gasteiger partial charge in [0.05, 0.1) is 16.7 Å². The van der Waals surface area contributed by atoms with Crippen LogP contribution in [-0.4, -0.2) is 9.97 Å². The Morgan fingerprint density at radius 3 is 2.00 bits per heavy atom. The Balaban J connectivity index is 1.38. The number of hydrogen-bond donors (Lipinski definition) is 0. The molecule has 0 saturated carbocycles. The minimum absolute atomic E-state index is 0.979. The minimum atomic E-state index is 0.979. The molecule has 0 saturated heterocycles. The van der Waals surface area contributed by atoms with Gasteiger partial charge in [-0.15, -0.1) is 0 Å². The van der Waals surface area contributed by atoms with Gasteiger partial charge >= 0.3 is 0 Å². The summed E-state index contributed by atoms with van der Waals surface area (Å²) in [6, 6.07) is 45.8. The lowest BCUT2D eigenvalue weighted by atomic mass is 9.89. The van der Waals surface area contributed by atoms with Crippen LogP contribution in [0.3, 0.4) is 0 Å². The van der Waals surface area contributed by atoms with Crippen LogP contribution < -0.4 is 0 Å². The van der Waals surface area contributed by atoms with E-state index in [1.165, 1.54) is 43.4 Å². The lowest BCUT2D eigenvalue weighted by Gasteiger charge is -2.15. The van der Waals surface area contributed by atoms with E-state index in [-0.39, 0.29) is 0 Å². The molecule has 0 aliphatic rings. The summed E-state index contributed by atoms with van der Waals surface area (Å²) in [6.45, 7) is 0. The zero-order valence-corrected chi connectivity index (χ0v) is 21.6. The topological polar surface area (TPSA) is 25.8 Å². The average Bonchev–Trinajstić information content (AvgIpc) is 3.03. The Hall–Kier alpha value is -5.34. The van der Waals surface area contributed by atoms with E-state index in [0.717, 1.165) is 43.8 Å². The molecule has 0 fully saturated rings. The van der Waals surface area contributed by atoms with Crippen LogP contribution >= 0.6 is 0 Å². The van der Waals surface area contributed by atoms with Gasteiger partial charge in [-0.3, -0.25) is 4.98 Å². The third-order valence-electron chi connectivity index (χ3n) is 8.42. The van der Waals surface area contributed by atoms with Gasteiger partial charge in [0.1, 0.15) is 0 Å². The van der Waals surface area contributed by atoms with Crippen molar-refractivity contribution >= 4 is 64.9 Å². The van der Waals surface area contributed by atoms with Crippen molar-refractivity contribution in [1.29, 1.82) is 0 Å². The largest absolute Gasteiger partial charge is 0.256 e. The SMILES string of the molecule is c1ccc(-c2nc3cc(-c4ccc5ccc6cccc7ccc4c5c67)ccc3c3c2ccc2cccnc23)cc1. The standard InChI is InChI=1S/C38H22N2/c1-2-6-26(7-3-1)37-32-20-15-27-10-5-21-39-38(27)36(32)31-19-16-28(22-33(31)40-37)29-17-13-25-12-11-23-8-4-9-24-14-18-30(29)35(25)34(23)24/h1-22H. The second-order valence-corrected chi connectivity index (χ2v) is 10.6. The molecule has 0 unspecified atom stereocenters. The first kappa shape index (κ1) is 21.6. The fraction of sp³-hybridized carbons (Fsp3) is 0. The molecule has 2 nitrogen and oxygen atoms in total. The smallest absolute Gasteiger partial charge is 0.0788 e. The fourth-order valence-corrected chi connectivity index (χ4v) is 6.60. The Kier molecular flexibility index (Phi) is 4.36. The molecule has 9 rings (SSSR count). The highest BCUT2D eigenvalue weighted by atomic mass is 14.7. The summed E-state index contributed by atoms with van der Waals surface area (Å²) in [6.07, 6.45) is 1.88. The number of benzene rings is 7. The van der Waals surface area contributed by atoms with Crippen LogP contribution in [0.25, 0.3) is 87.3 Å². The molecule has 184 valence electrons. The predicted molar refractivity (Wildman–Crippen MR) is 169 cm³/mol. The molecule has 0 aliphatic heterocycles. The molecule has 0 bridgehead atoms. The summed E-state index contributed by atoms with van der Waals surface area (Å²) in [5.41, 5.74) is 6.49. The minimum Gasteiger partial charge on any atom is -0.256 e. The molecule has 0 spiro atoms. The highest BCUT2D eigenvalue weighted by Gasteiger charge is 2.16. The van der Waals surface area contributed by atoms with Crippen molar-refractivity contribution in [1.82, 2.24) is 9.97 Å². The molecule has 0 N–H and O–H groups in total. The van der Waals surface area contributed by atoms with Crippen LogP contribution in [-0.2, 0) is 0 Å². The molecular formula is C38H22N2. The van der Waals surface area contributed by atoms with Crippen LogP contribution in [0, 0.1) is 0 Å². The summed E-state index contributed by atoms with van der Waals surface area (Å²) >= 11 is 0. The Morgan fingerprint density at radius 2 is 1.12 bits per heavy atom. The van der Waals surface area contributed by atoms with Gasteiger partial charge in [0.2, 0.25) is 0 Å². The molecule has 9 aromatic rings. The van der Waals surface area contributed by atoms with Crippen molar-refractivity contribution in [2.24, 2.45) is 0 Å². The van der Waals surface area contributed by atoms with Crippen LogP contribution in [0.4, 0.5) is 0 Å². The summed E-state index contributed by atoms with van der Waals surface area (Å²) in [7, 11) is 0. The second kappa shape index (κ2) is 8.08. The predicted octanol–water partition coefficient (Wildman–Crippen LogP) is 10.2. The van der Waals surface area contributed by atoms with Gasteiger partial charge in [-0.2, -0.15) is 0 Å². The normalized spacial score (nSPS) is 12.0. The number of rotatable bonds is 2. The summed E-state index contributed by atoms with van der Waals surface area (Å²) in [5.74, 6) is 0. The van der Waals surface area contributed by atoms with E-state index in [2.05, 4.69) is 121 Å². The third-order valence-corrected chi connectivity index (χ3v) is 8.42. The van der Waals surface area contributed by atoms with Gasteiger partial charge in [-0.25, -0.2) is 4.98 Å². The monoisotopic (exact) mass is 506 g/mol. The maximum absolute atomic E-state index is 5.30. The molecule has 40 heavy (non-hydrogen) atoms. The summed E-state index contributed by atoms with van der Waals surface area (Å²) in [4.78, 5) is 10.1. The highest BCUT2D eigenvalue weighted by molar-refractivity contribution is 6.26. The zero-order valence-electron chi connectivity index (χ0n) is 21.6. The van der Waals surface area contributed by atoms with E-state index in [1.54, 1.807) is 0 Å². The van der Waals surface area contributed by atoms with Crippen molar-refractivity contribution in [3.63, 3.8) is 0 Å². The molecule has 2 heteroatoms. The number of pyridine rings is 2. The Morgan fingerprint density at radius 1 is 0.425 bits per heavy atom. The van der Waals surface area contributed by atoms with E-state index < -0.39 is 0 Å². The van der Waals surface area contributed by atoms with Crippen LogP contribution in [0.2, 0.25) is 0 Å². The number of aromatic nitrogens is 2. The third kappa shape index (κ3) is 2.99. The van der Waals surface area contributed by atoms with Crippen molar-refractivity contribution < 1.29 is 0 Å². The summed E-state index contributed by atoms with van der Waals surface area (Å²) < 4.78 is 0. The maximum atomic E-state index is 5.30. The van der Waals surface area contributed by atoms with Gasteiger partial charge in [0, 0.05) is 33.3 Å². The lowest BCUT2D eigenvalue weighted by molar-refractivity contribution is 1.41. The van der Waals surface area contributed by atoms with Gasteiger partial charge in [0.15, 0.2) is 0 Å². The zero-order chi connectivity index (χ0) is 26.2. The van der Waals surface area contributed by atoms with E-state index in [4.69, 9.17) is 9.97 Å². The van der Waals surface area contributed by atoms with Crippen molar-refractivity contribution in [2.75, 3.05) is 0 Å². The second-order valence-electron chi connectivity index (χ2n) is 10.6. The van der Waals surface area contributed by atoms with Gasteiger partial charge in [-0.05, 0) is 55.6 Å². The maximum Gasteiger partial charge on any atom is 0.0788 e. The lowest BCUT2D eigenvalue weighted by Crippen LogP contribution is -1.93. The van der Waals surface area contributed by atoms with Gasteiger partial charge < -0.3 is 0 Å². The Labute approximate surface area is 230 Å². The van der Waals surface area contributed by atoms with Gasteiger partial charge in [0.25, 0.3) is 0 Å². The fourth-order valence-electron chi connectivity index (χ4n) is 6.60. The number of fused-ring (bicyclic) bond motifs is 5. The Bertz CT molecular complexity index is 2410. The molecule has 7 aromatic carbocycles. The van der Waals surface area contributed by atoms with E-state index in [0.29, 0.717) is 0 Å². The highest BCUT2D eigenvalue weighted by Crippen LogP contribution is 2.41. The van der Waals surface area contributed by atoms with Gasteiger partial charge in [-0.1, -0.05) is 115 Å². The summed E-state index contributed by atoms with van der Waals surface area (Å²) in [5, 5.41) is 12.3. The van der Waals surface area contributed by atoms with E-state index in [1.807, 2.05) is 12.3 Å². The van der Waals surface area contributed by atoms with E-state index in [9.17, 15) is 0 Å². The van der Waals surface area contributed by atoms with Crippen LogP contribution in [0.15, 0.2) is 134 Å². The average molecular weight is 507 g/mol. The van der Waals surface area contributed by atoms with Crippen molar-refractivity contribution in [3.8, 4) is 22.4 Å². The first-order chi connectivity index (χ1) is 19.8. The van der Waals surface area contributed by atoms with Crippen LogP contribution in [0.1, 0.15) is 0 Å². The number of nitrogens with zero attached hydrogens (tertiary/aromatic N) is 2. The molecule has 0 atom stereocenters. The van der Waals surface area contributed by atoms with Crippen molar-refractivity contribution in [3.05, 3.63) is 134 Å². The first-order valence-electron chi connectivity index (χ1n) is 13.7. The van der Waals surface area contributed by atoms with E-state index >= 15 is 0 Å². The molecule has 0 aliphatic carbocycles.